The molecule has 0 spiro atoms. The lowest BCUT2D eigenvalue weighted by Gasteiger charge is -2.06. The van der Waals surface area contributed by atoms with E-state index in [1.807, 2.05) is 12.3 Å². The Labute approximate surface area is 77.0 Å². The van der Waals surface area contributed by atoms with Crippen LogP contribution in [0.2, 0.25) is 0 Å². The van der Waals surface area contributed by atoms with Gasteiger partial charge < -0.3 is 0 Å². The fourth-order valence-electron chi connectivity index (χ4n) is 2.77. The van der Waals surface area contributed by atoms with E-state index in [4.69, 9.17) is 0 Å². The Kier molecular flexibility index (Phi) is 1.34. The highest BCUT2D eigenvalue weighted by molar-refractivity contribution is 6.03. The van der Waals surface area contributed by atoms with Gasteiger partial charge in [0.15, 0.2) is 5.78 Å². The van der Waals surface area contributed by atoms with Crippen molar-refractivity contribution in [1.82, 2.24) is 4.98 Å². The Hall–Kier alpha value is -1.18. The summed E-state index contributed by atoms with van der Waals surface area (Å²) in [7, 11) is 0. The Morgan fingerprint density at radius 2 is 2.15 bits per heavy atom. The molecule has 2 heteroatoms. The van der Waals surface area contributed by atoms with E-state index in [9.17, 15) is 4.79 Å². The van der Waals surface area contributed by atoms with Crippen molar-refractivity contribution in [2.45, 2.75) is 25.2 Å². The Morgan fingerprint density at radius 1 is 1.31 bits per heavy atom. The Morgan fingerprint density at radius 3 is 3.08 bits per heavy atom. The number of carbonyl (C=O) groups excluding carboxylic acids is 1. The number of rotatable bonds is 0. The van der Waals surface area contributed by atoms with Crippen LogP contribution >= 0.6 is 0 Å². The molecule has 0 saturated heterocycles. The van der Waals surface area contributed by atoms with Crippen LogP contribution in [0.25, 0.3) is 0 Å². The monoisotopic (exact) mass is 173 g/mol. The first kappa shape index (κ1) is 7.25. The molecular formula is C11H11NO. The van der Waals surface area contributed by atoms with Gasteiger partial charge in [-0.1, -0.05) is 6.42 Å². The first-order valence-electron chi connectivity index (χ1n) is 4.86. The third kappa shape index (κ3) is 0.831. The molecule has 2 aliphatic carbocycles. The van der Waals surface area contributed by atoms with E-state index in [0.29, 0.717) is 17.6 Å². The van der Waals surface area contributed by atoms with E-state index in [2.05, 4.69) is 4.98 Å². The van der Waals surface area contributed by atoms with Crippen LogP contribution in [0.5, 0.6) is 0 Å². The molecule has 66 valence electrons. The number of aromatic nitrogens is 1. The van der Waals surface area contributed by atoms with Crippen LogP contribution in [0.4, 0.5) is 0 Å². The van der Waals surface area contributed by atoms with Gasteiger partial charge in [0.25, 0.3) is 0 Å². The molecule has 3 rings (SSSR count). The molecule has 2 unspecified atom stereocenters. The summed E-state index contributed by atoms with van der Waals surface area (Å²) >= 11 is 0. The molecule has 0 aliphatic heterocycles. The summed E-state index contributed by atoms with van der Waals surface area (Å²) in [6.07, 6.45) is 7.06. The highest BCUT2D eigenvalue weighted by atomic mass is 16.1. The molecule has 1 saturated carbocycles. The number of fused-ring (bicyclic) bond motifs is 3. The summed E-state index contributed by atoms with van der Waals surface area (Å²) in [6, 6.07) is 1.87. The van der Waals surface area contributed by atoms with Crippen LogP contribution in [-0.4, -0.2) is 10.8 Å². The highest BCUT2D eigenvalue weighted by Gasteiger charge is 2.42. The molecule has 2 aliphatic rings. The number of hydrogen-bond donors (Lipinski definition) is 0. The van der Waals surface area contributed by atoms with Crippen molar-refractivity contribution >= 4 is 5.78 Å². The van der Waals surface area contributed by atoms with Crippen molar-refractivity contribution in [3.8, 4) is 0 Å². The predicted octanol–water partition coefficient (Wildman–Crippen LogP) is 2.16. The molecule has 1 fully saturated rings. The second kappa shape index (κ2) is 2.41. The van der Waals surface area contributed by atoms with E-state index < -0.39 is 0 Å². The number of Topliss-reactive ketones (excluding diaryl/α,β-unsaturated/α-hetero) is 1. The number of hydrogen-bond acceptors (Lipinski definition) is 2. The van der Waals surface area contributed by atoms with Gasteiger partial charge in [-0.2, -0.15) is 0 Å². The normalized spacial score (nSPS) is 30.3. The van der Waals surface area contributed by atoms with E-state index >= 15 is 0 Å². The summed E-state index contributed by atoms with van der Waals surface area (Å²) in [6.45, 7) is 0. The van der Waals surface area contributed by atoms with Crippen molar-refractivity contribution < 1.29 is 4.79 Å². The number of ketones is 1. The quantitative estimate of drug-likeness (QED) is 0.601. The Balaban J connectivity index is 2.19. The fraction of sp³-hybridized carbons (Fsp3) is 0.455. The van der Waals surface area contributed by atoms with Gasteiger partial charge in [0.2, 0.25) is 0 Å². The minimum absolute atomic E-state index is 0.291. The smallest absolute Gasteiger partial charge is 0.166 e. The van der Waals surface area contributed by atoms with Crippen LogP contribution in [0.15, 0.2) is 18.5 Å². The lowest BCUT2D eigenvalue weighted by Crippen LogP contribution is -2.06. The molecule has 0 radical (unpaired) electrons. The van der Waals surface area contributed by atoms with Gasteiger partial charge in [-0.3, -0.25) is 9.78 Å². The molecule has 0 N–H and O–H groups in total. The van der Waals surface area contributed by atoms with E-state index in [1.54, 1.807) is 6.20 Å². The maximum Gasteiger partial charge on any atom is 0.166 e. The summed E-state index contributed by atoms with van der Waals surface area (Å²) in [5.74, 6) is 1.15. The zero-order valence-corrected chi connectivity index (χ0v) is 7.36. The van der Waals surface area contributed by atoms with Gasteiger partial charge in [0.05, 0.1) is 0 Å². The second-order valence-electron chi connectivity index (χ2n) is 3.97. The minimum atomic E-state index is 0.291. The molecule has 2 nitrogen and oxygen atoms in total. The molecule has 0 bridgehead atoms. The zero-order chi connectivity index (χ0) is 8.84. The number of pyridine rings is 1. The van der Waals surface area contributed by atoms with Crippen molar-refractivity contribution in [2.75, 3.05) is 0 Å². The van der Waals surface area contributed by atoms with Crippen molar-refractivity contribution in [2.24, 2.45) is 5.92 Å². The lowest BCUT2D eigenvalue weighted by molar-refractivity contribution is 0.0932. The van der Waals surface area contributed by atoms with Crippen LogP contribution < -0.4 is 0 Å². The van der Waals surface area contributed by atoms with Gasteiger partial charge in [-0.05, 0) is 30.4 Å². The largest absolute Gasteiger partial charge is 0.294 e. The van der Waals surface area contributed by atoms with Gasteiger partial charge in [0, 0.05) is 23.9 Å². The Bertz CT molecular complexity index is 372. The van der Waals surface area contributed by atoms with E-state index in [-0.39, 0.29) is 0 Å². The third-order valence-corrected chi connectivity index (χ3v) is 3.37. The molecule has 2 atom stereocenters. The van der Waals surface area contributed by atoms with E-state index in [1.165, 1.54) is 18.4 Å². The van der Waals surface area contributed by atoms with Crippen molar-refractivity contribution in [1.29, 1.82) is 0 Å². The number of carbonyl (C=O) groups is 1. The maximum atomic E-state index is 11.9. The molecule has 0 amide bonds. The predicted molar refractivity (Wildman–Crippen MR) is 48.6 cm³/mol. The average Bonchev–Trinajstić information content (AvgIpc) is 2.72. The molecule has 13 heavy (non-hydrogen) atoms. The van der Waals surface area contributed by atoms with Gasteiger partial charge in [0.1, 0.15) is 0 Å². The number of nitrogens with zero attached hydrogens (tertiary/aromatic N) is 1. The van der Waals surface area contributed by atoms with Crippen molar-refractivity contribution in [3.63, 3.8) is 0 Å². The highest BCUT2D eigenvalue weighted by Crippen LogP contribution is 2.47. The first-order valence-corrected chi connectivity index (χ1v) is 4.86. The third-order valence-electron chi connectivity index (χ3n) is 3.37. The second-order valence-corrected chi connectivity index (χ2v) is 3.97. The topological polar surface area (TPSA) is 30.0 Å². The van der Waals surface area contributed by atoms with Crippen molar-refractivity contribution in [3.05, 3.63) is 29.6 Å². The summed E-state index contributed by atoms with van der Waals surface area (Å²) in [4.78, 5) is 15.9. The standard InChI is InChI=1S/C11H11NO/c13-11-8-3-1-2-7(8)10-6-12-5-4-9(10)11/h4-8H,1-3H2. The first-order chi connectivity index (χ1) is 6.38. The minimum Gasteiger partial charge on any atom is -0.294 e. The fourth-order valence-corrected chi connectivity index (χ4v) is 2.77. The molecular weight excluding hydrogens is 162 g/mol. The summed E-state index contributed by atoms with van der Waals surface area (Å²) in [5.41, 5.74) is 2.14. The van der Waals surface area contributed by atoms with E-state index in [0.717, 1.165) is 12.0 Å². The average molecular weight is 173 g/mol. The molecule has 1 heterocycles. The van der Waals surface area contributed by atoms with Crippen LogP contribution in [-0.2, 0) is 0 Å². The summed E-state index contributed by atoms with van der Waals surface area (Å²) in [5, 5.41) is 0. The lowest BCUT2D eigenvalue weighted by atomic mass is 9.97. The molecule has 1 aromatic rings. The van der Waals surface area contributed by atoms with Crippen LogP contribution in [0, 0.1) is 5.92 Å². The maximum absolute atomic E-state index is 11.9. The van der Waals surface area contributed by atoms with Gasteiger partial charge in [-0.15, -0.1) is 0 Å². The molecule has 0 aromatic carbocycles. The summed E-state index contributed by atoms with van der Waals surface area (Å²) < 4.78 is 0. The molecule has 1 aromatic heterocycles. The van der Waals surface area contributed by atoms with Crippen LogP contribution in [0.3, 0.4) is 0 Å². The zero-order valence-electron chi connectivity index (χ0n) is 7.36. The van der Waals surface area contributed by atoms with Crippen LogP contribution in [0.1, 0.15) is 41.1 Å². The van der Waals surface area contributed by atoms with Gasteiger partial charge >= 0.3 is 0 Å². The SMILES string of the molecule is O=C1c2ccncc2C2CCCC12. The van der Waals surface area contributed by atoms with Gasteiger partial charge in [-0.25, -0.2) is 0 Å².